The lowest BCUT2D eigenvalue weighted by Gasteiger charge is -2.44. The molecule has 3 heterocycles. The zero-order chi connectivity index (χ0) is 26.2. The highest BCUT2D eigenvalue weighted by molar-refractivity contribution is 5.81. The number of benzene rings is 1. The molecule has 192 valence electrons. The fourth-order valence-corrected chi connectivity index (χ4v) is 4.93. The number of alkyl halides is 1. The summed E-state index contributed by atoms with van der Waals surface area (Å²) >= 11 is 0. The maximum atomic E-state index is 14.7. The van der Waals surface area contributed by atoms with Gasteiger partial charge in [0.25, 0.3) is 0 Å². The van der Waals surface area contributed by atoms with Crippen LogP contribution in [0.3, 0.4) is 0 Å². The quantitative estimate of drug-likeness (QED) is 0.467. The first-order valence-electron chi connectivity index (χ1n) is 11.9. The third-order valence-corrected chi connectivity index (χ3v) is 7.10. The third-order valence-electron chi connectivity index (χ3n) is 7.10. The van der Waals surface area contributed by atoms with Crippen molar-refractivity contribution >= 4 is 23.8 Å². The number of carbonyl (C=O) groups is 2. The minimum Gasteiger partial charge on any atom is -0.368 e. The van der Waals surface area contributed by atoms with Gasteiger partial charge in [0.05, 0.1) is 17.4 Å². The van der Waals surface area contributed by atoms with Gasteiger partial charge in [-0.05, 0) is 55.3 Å². The van der Waals surface area contributed by atoms with E-state index in [2.05, 4.69) is 20.5 Å². The summed E-state index contributed by atoms with van der Waals surface area (Å²) in [6.07, 6.45) is 1.42. The predicted molar refractivity (Wildman–Crippen MR) is 131 cm³/mol. The Hall–Kier alpha value is -4.02. The summed E-state index contributed by atoms with van der Waals surface area (Å²) in [6.45, 7) is 2.50. The Balaban J connectivity index is 1.30. The molecule has 37 heavy (non-hydrogen) atoms. The van der Waals surface area contributed by atoms with Crippen LogP contribution < -0.4 is 10.2 Å². The van der Waals surface area contributed by atoms with Crippen molar-refractivity contribution in [1.29, 1.82) is 0 Å². The summed E-state index contributed by atoms with van der Waals surface area (Å²) in [4.78, 5) is 30.5. The normalized spacial score (nSPS) is 21.1. The number of pyridine rings is 1. The Morgan fingerprint density at radius 3 is 2.57 bits per heavy atom. The molecule has 2 amide bonds. The monoisotopic (exact) mass is 510 g/mol. The number of aromatic nitrogens is 3. The molecule has 8 nitrogen and oxygen atoms in total. The summed E-state index contributed by atoms with van der Waals surface area (Å²) in [5.41, 5.74) is 0.333. The standard InChI is InChI=1S/C26H25F3N6O2/c1-16(37)34-12-19(13-34)35(15-36)18-4-5-21(28)20(9-18)23-6-7-24(33-32-23)31-14-26(10-17(27)11-26)25-22(29)3-2-8-30-25/h2-9,15,17,19H,10-14H2,1H3,(H,31,33). The second-order valence-corrected chi connectivity index (χ2v) is 9.53. The Kier molecular flexibility index (Phi) is 6.53. The van der Waals surface area contributed by atoms with Crippen molar-refractivity contribution in [3.05, 3.63) is 66.0 Å². The Morgan fingerprint density at radius 2 is 1.95 bits per heavy atom. The molecule has 0 unspecified atom stereocenters. The molecule has 1 aromatic carbocycles. The molecule has 11 heteroatoms. The molecule has 0 atom stereocenters. The fraction of sp³-hybridized carbons (Fsp3) is 0.346. The summed E-state index contributed by atoms with van der Waals surface area (Å²) < 4.78 is 42.8. The molecule has 1 N–H and O–H groups in total. The summed E-state index contributed by atoms with van der Waals surface area (Å²) in [5.74, 6) is -0.708. The van der Waals surface area contributed by atoms with Crippen molar-refractivity contribution in [3.8, 4) is 11.3 Å². The van der Waals surface area contributed by atoms with Crippen LogP contribution in [0.15, 0.2) is 48.7 Å². The average Bonchev–Trinajstić information content (AvgIpc) is 2.84. The van der Waals surface area contributed by atoms with Crippen LogP contribution in [0, 0.1) is 11.6 Å². The first-order valence-corrected chi connectivity index (χ1v) is 11.9. The SMILES string of the molecule is CC(=O)N1CC(N(C=O)c2ccc(F)c(-c3ccc(NCC4(c5ncccc5F)CC(F)C4)nn3)c2)C1. The van der Waals surface area contributed by atoms with E-state index < -0.39 is 23.2 Å². The number of hydrogen-bond acceptors (Lipinski definition) is 6. The van der Waals surface area contributed by atoms with Gasteiger partial charge >= 0.3 is 0 Å². The number of likely N-dealkylation sites (tertiary alicyclic amines) is 1. The first-order chi connectivity index (χ1) is 17.8. The number of anilines is 2. The van der Waals surface area contributed by atoms with Crippen LogP contribution in [-0.4, -0.2) is 64.2 Å². The number of halogens is 3. The molecule has 0 spiro atoms. The summed E-state index contributed by atoms with van der Waals surface area (Å²) in [7, 11) is 0. The Morgan fingerprint density at radius 1 is 1.16 bits per heavy atom. The van der Waals surface area contributed by atoms with Crippen LogP contribution in [0.1, 0.15) is 25.5 Å². The molecule has 1 aliphatic heterocycles. The smallest absolute Gasteiger partial charge is 0.219 e. The highest BCUT2D eigenvalue weighted by Gasteiger charge is 2.48. The predicted octanol–water partition coefficient (Wildman–Crippen LogP) is 3.49. The molecule has 1 aliphatic carbocycles. The lowest BCUT2D eigenvalue weighted by molar-refractivity contribution is -0.133. The van der Waals surface area contributed by atoms with E-state index in [-0.39, 0.29) is 48.3 Å². The van der Waals surface area contributed by atoms with Crippen molar-refractivity contribution in [1.82, 2.24) is 20.1 Å². The molecule has 0 bridgehead atoms. The second-order valence-electron chi connectivity index (χ2n) is 9.53. The first kappa shape index (κ1) is 24.7. The summed E-state index contributed by atoms with van der Waals surface area (Å²) in [5, 5.41) is 11.3. The number of rotatable bonds is 8. The van der Waals surface area contributed by atoms with E-state index >= 15 is 0 Å². The van der Waals surface area contributed by atoms with Crippen molar-refractivity contribution in [2.24, 2.45) is 0 Å². The molecule has 3 aromatic rings. The highest BCUT2D eigenvalue weighted by Crippen LogP contribution is 2.45. The van der Waals surface area contributed by atoms with Gasteiger partial charge in [-0.3, -0.25) is 14.6 Å². The zero-order valence-electron chi connectivity index (χ0n) is 20.1. The topological polar surface area (TPSA) is 91.3 Å². The van der Waals surface area contributed by atoms with Crippen LogP contribution in [0.2, 0.25) is 0 Å². The van der Waals surface area contributed by atoms with Gasteiger partial charge in [-0.2, -0.15) is 0 Å². The largest absolute Gasteiger partial charge is 0.368 e. The molecular weight excluding hydrogens is 485 g/mol. The minimum absolute atomic E-state index is 0.0659. The van der Waals surface area contributed by atoms with E-state index in [1.165, 1.54) is 48.4 Å². The Bertz CT molecular complexity index is 1310. The van der Waals surface area contributed by atoms with Crippen molar-refractivity contribution in [3.63, 3.8) is 0 Å². The minimum atomic E-state index is -1.02. The summed E-state index contributed by atoms with van der Waals surface area (Å²) in [6, 6.07) is 10.1. The van der Waals surface area contributed by atoms with Crippen molar-refractivity contribution in [2.75, 3.05) is 29.9 Å². The molecule has 2 aromatic heterocycles. The molecule has 0 radical (unpaired) electrons. The van der Waals surface area contributed by atoms with Gasteiger partial charge in [0.2, 0.25) is 12.3 Å². The fourth-order valence-electron chi connectivity index (χ4n) is 4.93. The van der Waals surface area contributed by atoms with Crippen molar-refractivity contribution in [2.45, 2.75) is 37.4 Å². The van der Waals surface area contributed by atoms with Gasteiger partial charge in [0.15, 0.2) is 0 Å². The van der Waals surface area contributed by atoms with E-state index in [9.17, 15) is 22.8 Å². The van der Waals surface area contributed by atoms with Crippen LogP contribution in [0.25, 0.3) is 11.3 Å². The van der Waals surface area contributed by atoms with Crippen molar-refractivity contribution < 1.29 is 22.8 Å². The maximum Gasteiger partial charge on any atom is 0.219 e. The van der Waals surface area contributed by atoms with Crippen LogP contribution in [0.4, 0.5) is 24.7 Å². The van der Waals surface area contributed by atoms with E-state index in [0.717, 1.165) is 0 Å². The number of carbonyl (C=O) groups excluding carboxylic acids is 2. The number of nitrogens with zero attached hydrogens (tertiary/aromatic N) is 5. The maximum absolute atomic E-state index is 14.7. The van der Waals surface area contributed by atoms with Crippen LogP contribution in [0.5, 0.6) is 0 Å². The van der Waals surface area contributed by atoms with Gasteiger partial charge in [-0.15, -0.1) is 10.2 Å². The molecule has 5 rings (SSSR count). The number of hydrogen-bond donors (Lipinski definition) is 1. The molecule has 1 saturated heterocycles. The van der Waals surface area contributed by atoms with E-state index in [0.29, 0.717) is 31.0 Å². The van der Waals surface area contributed by atoms with Gasteiger partial charge in [0, 0.05) is 49.4 Å². The van der Waals surface area contributed by atoms with Gasteiger partial charge in [-0.1, -0.05) is 0 Å². The van der Waals surface area contributed by atoms with Gasteiger partial charge in [-0.25, -0.2) is 13.2 Å². The molecule has 2 aliphatic rings. The lowest BCUT2D eigenvalue weighted by Crippen LogP contribution is -2.60. The number of amides is 2. The van der Waals surface area contributed by atoms with E-state index in [4.69, 9.17) is 0 Å². The zero-order valence-corrected chi connectivity index (χ0v) is 20.1. The Labute approximate surface area is 211 Å². The van der Waals surface area contributed by atoms with Crippen LogP contribution >= 0.6 is 0 Å². The average molecular weight is 511 g/mol. The second kappa shape index (κ2) is 9.79. The third kappa shape index (κ3) is 4.73. The van der Waals surface area contributed by atoms with E-state index in [1.807, 2.05) is 0 Å². The molecule has 1 saturated carbocycles. The van der Waals surface area contributed by atoms with E-state index in [1.54, 1.807) is 17.0 Å². The lowest BCUT2D eigenvalue weighted by atomic mass is 9.65. The molecule has 2 fully saturated rings. The van der Waals surface area contributed by atoms with Gasteiger partial charge < -0.3 is 15.1 Å². The number of nitrogens with one attached hydrogen (secondary N) is 1. The van der Waals surface area contributed by atoms with Gasteiger partial charge in [0.1, 0.15) is 23.6 Å². The van der Waals surface area contributed by atoms with Crippen LogP contribution in [-0.2, 0) is 15.0 Å². The molecular formula is C26H25F3N6O2. The highest BCUT2D eigenvalue weighted by atomic mass is 19.1.